The summed E-state index contributed by atoms with van der Waals surface area (Å²) in [6.07, 6.45) is -0.284. The molecule has 1 unspecified atom stereocenters. The summed E-state index contributed by atoms with van der Waals surface area (Å²) in [5, 5.41) is 3.94. The number of nitrogens with two attached hydrogens (primary N) is 2. The molecule has 19 heavy (non-hydrogen) atoms. The van der Waals surface area contributed by atoms with Gasteiger partial charge in [-0.2, -0.15) is 0 Å². The predicted octanol–water partition coefficient (Wildman–Crippen LogP) is -1.59. The van der Waals surface area contributed by atoms with Crippen molar-refractivity contribution in [1.29, 1.82) is 0 Å². The topological polar surface area (TPSA) is 155 Å². The van der Waals surface area contributed by atoms with Crippen LogP contribution < -0.4 is 21.3 Å². The van der Waals surface area contributed by atoms with E-state index in [1.165, 1.54) is 0 Å². The lowest BCUT2D eigenvalue weighted by molar-refractivity contribution is -0.117. The first-order chi connectivity index (χ1) is 8.70. The number of H-pyrrole nitrogens is 2. The maximum Gasteiger partial charge on any atom is 0.277 e. The molecule has 2 heterocycles. The minimum absolute atomic E-state index is 0.0147. The van der Waals surface area contributed by atoms with Gasteiger partial charge in [0.15, 0.2) is 10.5 Å². The Labute approximate surface area is 112 Å². The van der Waals surface area contributed by atoms with Gasteiger partial charge in [-0.15, -0.1) is 0 Å². The first-order valence-corrected chi connectivity index (χ1v) is 7.16. The van der Waals surface area contributed by atoms with Gasteiger partial charge < -0.3 is 15.6 Å². The Bertz CT molecular complexity index is 749. The van der Waals surface area contributed by atoms with Gasteiger partial charge in [0, 0.05) is 13.0 Å². The molecule has 1 aliphatic rings. The Hall–Kier alpha value is -1.72. The normalized spacial score (nSPS) is 19.9. The number of hydrogen-bond acceptors (Lipinski definition) is 6. The maximum atomic E-state index is 11.8. The molecule has 1 aromatic heterocycles. The van der Waals surface area contributed by atoms with Crippen molar-refractivity contribution in [3.63, 3.8) is 0 Å². The summed E-state index contributed by atoms with van der Waals surface area (Å²) in [5.41, 5.74) is 4.79. The van der Waals surface area contributed by atoms with Crippen LogP contribution in [0, 0.1) is 4.77 Å². The second kappa shape index (κ2) is 4.43. The fourth-order valence-corrected chi connectivity index (χ4v) is 2.81. The highest BCUT2D eigenvalue weighted by atomic mass is 32.2. The summed E-state index contributed by atoms with van der Waals surface area (Å²) in [5.74, 6) is -0.640. The second-order valence-corrected chi connectivity index (χ2v) is 6.34. The van der Waals surface area contributed by atoms with E-state index in [-0.39, 0.29) is 29.2 Å². The number of rotatable bonds is 2. The lowest BCUT2D eigenvalue weighted by Gasteiger charge is -2.16. The van der Waals surface area contributed by atoms with Crippen LogP contribution in [0.1, 0.15) is 6.42 Å². The van der Waals surface area contributed by atoms with E-state index in [0.29, 0.717) is 0 Å². The molecule has 0 radical (unpaired) electrons. The van der Waals surface area contributed by atoms with E-state index in [0.717, 1.165) is 4.90 Å². The van der Waals surface area contributed by atoms with Crippen molar-refractivity contribution in [3.8, 4) is 0 Å². The quantitative estimate of drug-likeness (QED) is 0.483. The molecule has 2 rings (SSSR count). The number of hydrogen-bond donors (Lipinski definition) is 4. The lowest BCUT2D eigenvalue weighted by atomic mass is 10.4. The number of nitrogen functional groups attached to an aromatic ring is 1. The molecule has 11 heteroatoms. The molecule has 1 amide bonds. The van der Waals surface area contributed by atoms with Crippen LogP contribution in [0.25, 0.3) is 0 Å². The Morgan fingerprint density at radius 3 is 2.42 bits per heavy atom. The van der Waals surface area contributed by atoms with Crippen molar-refractivity contribution in [1.82, 2.24) is 9.97 Å². The standard InChI is InChI=1S/C8H11N5O4S2/c9-6-5(7(15)12-8(18)11-6)13-2-3(1-4(13)14)19(10,16)17/h3H,1-2H2,(H2,10,16,17)(H4,9,11,12,15,18). The number of carbonyl (C=O) groups is 1. The van der Waals surface area contributed by atoms with Gasteiger partial charge in [-0.3, -0.25) is 14.6 Å². The van der Waals surface area contributed by atoms with Gasteiger partial charge in [0.1, 0.15) is 11.1 Å². The first kappa shape index (κ1) is 13.7. The molecule has 1 aromatic rings. The van der Waals surface area contributed by atoms with E-state index in [1.807, 2.05) is 0 Å². The zero-order valence-corrected chi connectivity index (χ0v) is 11.2. The van der Waals surface area contributed by atoms with Crippen molar-refractivity contribution < 1.29 is 13.2 Å². The highest BCUT2D eigenvalue weighted by Gasteiger charge is 2.39. The minimum Gasteiger partial charge on any atom is -0.383 e. The Morgan fingerprint density at radius 1 is 1.32 bits per heavy atom. The third kappa shape index (κ3) is 2.52. The van der Waals surface area contributed by atoms with Crippen molar-refractivity contribution in [2.75, 3.05) is 17.2 Å². The van der Waals surface area contributed by atoms with Gasteiger partial charge in [-0.25, -0.2) is 13.6 Å². The molecule has 0 bridgehead atoms. The molecule has 1 atom stereocenters. The van der Waals surface area contributed by atoms with Gasteiger partial charge in [-0.05, 0) is 12.2 Å². The van der Waals surface area contributed by atoms with E-state index in [2.05, 4.69) is 9.97 Å². The molecular formula is C8H11N5O4S2. The van der Waals surface area contributed by atoms with Crippen LogP contribution in [0.2, 0.25) is 0 Å². The number of primary sulfonamides is 1. The summed E-state index contributed by atoms with van der Waals surface area (Å²) >= 11 is 4.72. The molecule has 0 saturated carbocycles. The molecule has 104 valence electrons. The summed E-state index contributed by atoms with van der Waals surface area (Å²) in [4.78, 5) is 29.3. The molecule has 0 spiro atoms. The zero-order chi connectivity index (χ0) is 14.4. The molecular weight excluding hydrogens is 294 g/mol. The molecule has 6 N–H and O–H groups in total. The SMILES string of the molecule is Nc1[nH]c(=S)[nH]c(=O)c1N1CC(S(N)(=O)=O)CC1=O. The summed E-state index contributed by atoms with van der Waals surface area (Å²) in [6, 6.07) is 0. The molecule has 1 saturated heterocycles. The molecule has 0 aliphatic carbocycles. The van der Waals surface area contributed by atoms with Crippen LogP contribution in [0.15, 0.2) is 4.79 Å². The van der Waals surface area contributed by atoms with Crippen LogP contribution in [-0.2, 0) is 14.8 Å². The largest absolute Gasteiger partial charge is 0.383 e. The number of carbonyl (C=O) groups excluding carboxylic acids is 1. The number of sulfonamides is 1. The van der Waals surface area contributed by atoms with E-state index in [4.69, 9.17) is 23.1 Å². The summed E-state index contributed by atoms with van der Waals surface area (Å²) in [7, 11) is -3.86. The smallest absolute Gasteiger partial charge is 0.277 e. The highest BCUT2D eigenvalue weighted by molar-refractivity contribution is 7.89. The third-order valence-corrected chi connectivity index (χ3v) is 4.22. The third-order valence-electron chi connectivity index (χ3n) is 2.77. The average Bonchev–Trinajstić information content (AvgIpc) is 2.59. The van der Waals surface area contributed by atoms with Crippen molar-refractivity contribution in [2.45, 2.75) is 11.7 Å². The molecule has 1 fully saturated rings. The van der Waals surface area contributed by atoms with E-state index >= 15 is 0 Å². The average molecular weight is 305 g/mol. The molecule has 0 aromatic carbocycles. The Kier molecular flexibility index (Phi) is 3.20. The predicted molar refractivity (Wildman–Crippen MR) is 70.5 cm³/mol. The number of nitrogens with zero attached hydrogens (tertiary/aromatic N) is 1. The minimum atomic E-state index is -3.86. The molecule has 1 aliphatic heterocycles. The number of aromatic amines is 2. The second-order valence-electron chi connectivity index (χ2n) is 4.09. The Balaban J connectivity index is 2.48. The summed E-state index contributed by atoms with van der Waals surface area (Å²) in [6.45, 7) is -0.213. The van der Waals surface area contributed by atoms with E-state index in [9.17, 15) is 18.0 Å². The van der Waals surface area contributed by atoms with Crippen LogP contribution in [0.3, 0.4) is 0 Å². The van der Waals surface area contributed by atoms with Gasteiger partial charge >= 0.3 is 0 Å². The number of nitrogens with one attached hydrogen (secondary N) is 2. The molecule has 9 nitrogen and oxygen atoms in total. The lowest BCUT2D eigenvalue weighted by Crippen LogP contribution is -2.35. The van der Waals surface area contributed by atoms with Gasteiger partial charge in [0.25, 0.3) is 5.56 Å². The van der Waals surface area contributed by atoms with E-state index in [1.54, 1.807) is 0 Å². The fourth-order valence-electron chi connectivity index (χ4n) is 1.88. The van der Waals surface area contributed by atoms with Crippen LogP contribution >= 0.6 is 12.2 Å². The van der Waals surface area contributed by atoms with Crippen molar-refractivity contribution in [3.05, 3.63) is 15.1 Å². The number of aromatic nitrogens is 2. The first-order valence-electron chi connectivity index (χ1n) is 5.14. The summed E-state index contributed by atoms with van der Waals surface area (Å²) < 4.78 is 22.5. The monoisotopic (exact) mass is 305 g/mol. The number of anilines is 2. The Morgan fingerprint density at radius 2 is 1.95 bits per heavy atom. The van der Waals surface area contributed by atoms with Gasteiger partial charge in [0.05, 0.1) is 0 Å². The van der Waals surface area contributed by atoms with Crippen LogP contribution in [-0.4, -0.2) is 36.1 Å². The van der Waals surface area contributed by atoms with Crippen molar-refractivity contribution in [2.24, 2.45) is 5.14 Å². The van der Waals surface area contributed by atoms with Crippen LogP contribution in [0.5, 0.6) is 0 Å². The van der Waals surface area contributed by atoms with Gasteiger partial charge in [0.2, 0.25) is 15.9 Å². The maximum absolute atomic E-state index is 11.8. The highest BCUT2D eigenvalue weighted by Crippen LogP contribution is 2.24. The van der Waals surface area contributed by atoms with Crippen LogP contribution in [0.4, 0.5) is 11.5 Å². The zero-order valence-electron chi connectivity index (χ0n) is 9.54. The van der Waals surface area contributed by atoms with E-state index < -0.39 is 26.7 Å². The van der Waals surface area contributed by atoms with Gasteiger partial charge in [-0.1, -0.05) is 0 Å². The fraction of sp³-hybridized carbons (Fsp3) is 0.375. The number of amides is 1. The van der Waals surface area contributed by atoms with Crippen molar-refractivity contribution >= 4 is 39.7 Å².